The molecule has 0 bridgehead atoms. The lowest BCUT2D eigenvalue weighted by Crippen LogP contribution is -2.56. The van der Waals surface area contributed by atoms with Crippen LogP contribution in [0.15, 0.2) is 0 Å². The number of nitrogens with zero attached hydrogens (tertiary/aromatic N) is 4. The molecule has 3 rings (SSSR count). The smallest absolute Gasteiger partial charge is 0.410 e. The van der Waals surface area contributed by atoms with Gasteiger partial charge in [0.15, 0.2) is 0 Å². The van der Waals surface area contributed by atoms with Gasteiger partial charge in [-0.3, -0.25) is 4.90 Å². The third-order valence-electron chi connectivity index (χ3n) is 5.50. The molecule has 154 valence electrons. The minimum atomic E-state index is -0.450. The van der Waals surface area contributed by atoms with Crippen molar-refractivity contribution in [1.82, 2.24) is 19.6 Å². The van der Waals surface area contributed by atoms with Crippen molar-refractivity contribution in [3.8, 4) is 0 Å². The van der Waals surface area contributed by atoms with Crippen LogP contribution in [0.5, 0.6) is 0 Å². The van der Waals surface area contributed by atoms with Crippen molar-refractivity contribution in [2.45, 2.75) is 45.3 Å². The Morgan fingerprint density at radius 2 is 1.37 bits per heavy atom. The predicted molar refractivity (Wildman–Crippen MR) is 102 cm³/mol. The van der Waals surface area contributed by atoms with E-state index in [1.807, 2.05) is 30.6 Å². The van der Waals surface area contributed by atoms with Gasteiger partial charge in [0, 0.05) is 58.4 Å². The van der Waals surface area contributed by atoms with Gasteiger partial charge in [-0.25, -0.2) is 9.59 Å². The van der Waals surface area contributed by atoms with Gasteiger partial charge in [0.1, 0.15) is 5.60 Å². The number of piperidine rings is 1. The molecule has 0 N–H and O–H groups in total. The molecule has 0 aromatic carbocycles. The predicted octanol–water partition coefficient (Wildman–Crippen LogP) is 1.46. The summed E-state index contributed by atoms with van der Waals surface area (Å²) in [5, 5.41) is 0. The molecule has 0 saturated carbocycles. The normalized spacial score (nSPS) is 23.4. The summed E-state index contributed by atoms with van der Waals surface area (Å²) in [5.41, 5.74) is -0.450. The molecule has 0 aromatic rings. The van der Waals surface area contributed by atoms with Gasteiger partial charge in [0.25, 0.3) is 0 Å². The lowest BCUT2D eigenvalue weighted by atomic mass is 10.0. The SMILES string of the molecule is CC(C)(C)OC(=O)N1CCN(C2CCN(C(=O)N3CCOCC3)CC2)CC1. The summed E-state index contributed by atoms with van der Waals surface area (Å²) in [6.45, 7) is 13.2. The van der Waals surface area contributed by atoms with Gasteiger partial charge in [-0.05, 0) is 33.6 Å². The maximum Gasteiger partial charge on any atom is 0.410 e. The number of morpholine rings is 1. The van der Waals surface area contributed by atoms with Gasteiger partial charge in [0.05, 0.1) is 13.2 Å². The molecule has 3 aliphatic rings. The van der Waals surface area contributed by atoms with Crippen molar-refractivity contribution in [2.75, 3.05) is 65.6 Å². The fraction of sp³-hybridized carbons (Fsp3) is 0.895. The number of carbonyl (C=O) groups excluding carboxylic acids is 2. The molecule has 0 spiro atoms. The van der Waals surface area contributed by atoms with Crippen LogP contribution in [0.4, 0.5) is 9.59 Å². The van der Waals surface area contributed by atoms with Crippen molar-refractivity contribution in [1.29, 1.82) is 0 Å². The number of rotatable bonds is 1. The van der Waals surface area contributed by atoms with Crippen LogP contribution in [0.2, 0.25) is 0 Å². The Morgan fingerprint density at radius 3 is 1.93 bits per heavy atom. The third kappa shape index (κ3) is 5.48. The van der Waals surface area contributed by atoms with E-state index >= 15 is 0 Å². The highest BCUT2D eigenvalue weighted by Gasteiger charge is 2.32. The molecule has 8 heteroatoms. The van der Waals surface area contributed by atoms with E-state index in [9.17, 15) is 9.59 Å². The molecule has 3 saturated heterocycles. The molecule has 3 aliphatic heterocycles. The number of hydrogen-bond acceptors (Lipinski definition) is 5. The summed E-state index contributed by atoms with van der Waals surface area (Å²) in [7, 11) is 0. The second-order valence-electron chi connectivity index (χ2n) is 8.60. The summed E-state index contributed by atoms with van der Waals surface area (Å²) in [6, 6.07) is 0.658. The molecule has 0 unspecified atom stereocenters. The standard InChI is InChI=1S/C19H34N4O4/c1-19(2,3)27-18(25)23-10-8-20(9-11-23)16-4-6-21(7-5-16)17(24)22-12-14-26-15-13-22/h16H,4-15H2,1-3H3. The van der Waals surface area contributed by atoms with Crippen molar-refractivity contribution < 1.29 is 19.1 Å². The van der Waals surface area contributed by atoms with Crippen LogP contribution < -0.4 is 0 Å². The van der Waals surface area contributed by atoms with E-state index in [0.717, 1.165) is 39.0 Å². The van der Waals surface area contributed by atoms with Gasteiger partial charge in [-0.2, -0.15) is 0 Å². The average molecular weight is 383 g/mol. The number of urea groups is 1. The van der Waals surface area contributed by atoms with E-state index in [1.54, 1.807) is 4.90 Å². The monoisotopic (exact) mass is 382 g/mol. The van der Waals surface area contributed by atoms with Crippen LogP contribution in [-0.4, -0.2) is 109 Å². The molecule has 8 nitrogen and oxygen atoms in total. The van der Waals surface area contributed by atoms with Crippen LogP contribution in [-0.2, 0) is 9.47 Å². The Balaban J connectivity index is 1.40. The summed E-state index contributed by atoms with van der Waals surface area (Å²) < 4.78 is 10.8. The topological polar surface area (TPSA) is 65.6 Å². The van der Waals surface area contributed by atoms with Crippen molar-refractivity contribution in [2.24, 2.45) is 0 Å². The van der Waals surface area contributed by atoms with Crippen molar-refractivity contribution in [3.05, 3.63) is 0 Å². The van der Waals surface area contributed by atoms with Gasteiger partial charge in [0.2, 0.25) is 0 Å². The van der Waals surface area contributed by atoms with Crippen molar-refractivity contribution in [3.63, 3.8) is 0 Å². The quantitative estimate of drug-likeness (QED) is 0.687. The van der Waals surface area contributed by atoms with Crippen LogP contribution in [0.3, 0.4) is 0 Å². The largest absolute Gasteiger partial charge is 0.444 e. The summed E-state index contributed by atoms with van der Waals surface area (Å²) in [4.78, 5) is 33.0. The first-order chi connectivity index (χ1) is 12.8. The highest BCUT2D eigenvalue weighted by Crippen LogP contribution is 2.20. The fourth-order valence-corrected chi connectivity index (χ4v) is 3.97. The first-order valence-corrected chi connectivity index (χ1v) is 10.2. The molecule has 3 amide bonds. The highest BCUT2D eigenvalue weighted by molar-refractivity contribution is 5.74. The fourth-order valence-electron chi connectivity index (χ4n) is 3.97. The van der Waals surface area contributed by atoms with Crippen molar-refractivity contribution >= 4 is 12.1 Å². The number of piperazine rings is 1. The Labute approximate surface area is 162 Å². The molecule has 0 atom stereocenters. The number of likely N-dealkylation sites (tertiary alicyclic amines) is 1. The van der Waals surface area contributed by atoms with Crippen LogP contribution in [0.1, 0.15) is 33.6 Å². The van der Waals surface area contributed by atoms with Gasteiger partial charge < -0.3 is 24.2 Å². The van der Waals surface area contributed by atoms with E-state index in [2.05, 4.69) is 4.90 Å². The van der Waals surface area contributed by atoms with Gasteiger partial charge in [-0.1, -0.05) is 0 Å². The molecule has 27 heavy (non-hydrogen) atoms. The third-order valence-corrected chi connectivity index (χ3v) is 5.50. The van der Waals surface area contributed by atoms with E-state index in [4.69, 9.17) is 9.47 Å². The summed E-state index contributed by atoms with van der Waals surface area (Å²) in [6.07, 6.45) is 1.79. The van der Waals surface area contributed by atoms with E-state index in [0.29, 0.717) is 45.4 Å². The molecule has 0 aliphatic carbocycles. The molecular weight excluding hydrogens is 348 g/mol. The van der Waals surface area contributed by atoms with Gasteiger partial charge >= 0.3 is 12.1 Å². The number of ether oxygens (including phenoxy) is 2. The van der Waals surface area contributed by atoms with Crippen LogP contribution in [0, 0.1) is 0 Å². The zero-order valence-corrected chi connectivity index (χ0v) is 17.0. The Bertz CT molecular complexity index is 514. The first kappa shape index (κ1) is 20.2. The van der Waals surface area contributed by atoms with E-state index in [1.165, 1.54) is 0 Å². The minimum Gasteiger partial charge on any atom is -0.444 e. The summed E-state index contributed by atoms with van der Waals surface area (Å²) >= 11 is 0. The van der Waals surface area contributed by atoms with Crippen LogP contribution in [0.25, 0.3) is 0 Å². The van der Waals surface area contributed by atoms with Crippen LogP contribution >= 0.6 is 0 Å². The second-order valence-corrected chi connectivity index (χ2v) is 8.60. The number of amides is 3. The number of hydrogen-bond donors (Lipinski definition) is 0. The maximum atomic E-state index is 12.6. The Kier molecular flexibility index (Phi) is 6.47. The lowest BCUT2D eigenvalue weighted by Gasteiger charge is -2.43. The Hall–Kier alpha value is -1.54. The zero-order valence-electron chi connectivity index (χ0n) is 17.0. The highest BCUT2D eigenvalue weighted by atomic mass is 16.6. The second kappa shape index (κ2) is 8.65. The average Bonchev–Trinajstić information content (AvgIpc) is 2.67. The molecule has 0 aromatic heterocycles. The lowest BCUT2D eigenvalue weighted by molar-refractivity contribution is 0.00520. The molecule has 0 radical (unpaired) electrons. The van der Waals surface area contributed by atoms with E-state index in [-0.39, 0.29) is 12.1 Å². The minimum absolute atomic E-state index is 0.159. The van der Waals surface area contributed by atoms with E-state index < -0.39 is 5.60 Å². The molecule has 3 fully saturated rings. The maximum absolute atomic E-state index is 12.6. The summed E-state index contributed by atoms with van der Waals surface area (Å²) in [5.74, 6) is 0. The zero-order chi connectivity index (χ0) is 19.4. The first-order valence-electron chi connectivity index (χ1n) is 10.2. The molecule has 3 heterocycles. The number of carbonyl (C=O) groups is 2. The molecular formula is C19H34N4O4. The van der Waals surface area contributed by atoms with Gasteiger partial charge in [-0.15, -0.1) is 0 Å². The Morgan fingerprint density at radius 1 is 0.815 bits per heavy atom.